The van der Waals surface area contributed by atoms with Crippen molar-refractivity contribution in [1.29, 1.82) is 0 Å². The normalized spacial score (nSPS) is 15.3. The van der Waals surface area contributed by atoms with Crippen LogP contribution < -0.4 is 0 Å². The third kappa shape index (κ3) is 7.45. The summed E-state index contributed by atoms with van der Waals surface area (Å²) < 4.78 is 70.9. The summed E-state index contributed by atoms with van der Waals surface area (Å²) in [6.07, 6.45) is -4.71. The minimum absolute atomic E-state index is 0.126. The lowest BCUT2D eigenvalue weighted by Gasteiger charge is -2.32. The molecule has 0 fully saturated rings. The van der Waals surface area contributed by atoms with E-state index >= 15 is 0 Å². The molecule has 4 nitrogen and oxygen atoms in total. The second kappa shape index (κ2) is 8.99. The zero-order chi connectivity index (χ0) is 20.8. The molecule has 9 heteroatoms. The molecule has 0 amide bonds. The molecule has 0 aliphatic carbocycles. The number of carbonyl (C=O) groups is 2. The summed E-state index contributed by atoms with van der Waals surface area (Å²) in [7, 11) is 0. The number of ether oxygens (including phenoxy) is 2. The van der Waals surface area contributed by atoms with Crippen molar-refractivity contribution >= 4 is 11.9 Å². The van der Waals surface area contributed by atoms with E-state index in [9.17, 15) is 31.5 Å². The molecule has 0 aliphatic heterocycles. The van der Waals surface area contributed by atoms with Gasteiger partial charge in [0.2, 0.25) is 0 Å². The van der Waals surface area contributed by atoms with Crippen LogP contribution in [-0.4, -0.2) is 36.2 Å². The van der Waals surface area contributed by atoms with Crippen LogP contribution >= 0.6 is 0 Å². The van der Waals surface area contributed by atoms with E-state index in [1.807, 2.05) is 6.92 Å². The first-order chi connectivity index (χ1) is 11.6. The SMILES string of the molecule is CCC(C)(CCCC(=O)OCC(F)(F)C(F)(F)F)OC(=O)C(C)(C)CC. The van der Waals surface area contributed by atoms with E-state index in [2.05, 4.69) is 4.74 Å². The second-order valence-corrected chi connectivity index (χ2v) is 7.15. The molecule has 0 saturated carbocycles. The van der Waals surface area contributed by atoms with Crippen LogP contribution in [0.5, 0.6) is 0 Å². The summed E-state index contributed by atoms with van der Waals surface area (Å²) >= 11 is 0. The molecule has 0 heterocycles. The highest BCUT2D eigenvalue weighted by Crippen LogP contribution is 2.35. The standard InChI is InChI=1S/C17H27F5O4/c1-6-14(3,4)13(24)26-15(5,7-2)10-8-9-12(23)25-11-16(18,19)17(20,21)22/h6-11H2,1-5H3. The van der Waals surface area contributed by atoms with Crippen molar-refractivity contribution < 1.29 is 41.0 Å². The third-order valence-electron chi connectivity index (χ3n) is 4.44. The molecule has 0 radical (unpaired) electrons. The quantitative estimate of drug-likeness (QED) is 0.387. The van der Waals surface area contributed by atoms with Gasteiger partial charge in [-0.1, -0.05) is 13.8 Å². The van der Waals surface area contributed by atoms with Crippen LogP contribution in [0.25, 0.3) is 0 Å². The van der Waals surface area contributed by atoms with Gasteiger partial charge in [0, 0.05) is 6.42 Å². The fraction of sp³-hybridized carbons (Fsp3) is 0.882. The zero-order valence-corrected chi connectivity index (χ0v) is 15.8. The van der Waals surface area contributed by atoms with Crippen LogP contribution in [0.1, 0.15) is 66.7 Å². The van der Waals surface area contributed by atoms with Gasteiger partial charge >= 0.3 is 24.0 Å². The van der Waals surface area contributed by atoms with Crippen LogP contribution in [0.3, 0.4) is 0 Å². The van der Waals surface area contributed by atoms with E-state index in [0.717, 1.165) is 0 Å². The Morgan fingerprint density at radius 2 is 1.46 bits per heavy atom. The smallest absolute Gasteiger partial charge is 0.456 e. The van der Waals surface area contributed by atoms with Crippen molar-refractivity contribution in [3.05, 3.63) is 0 Å². The summed E-state index contributed by atoms with van der Waals surface area (Å²) in [4.78, 5) is 23.6. The van der Waals surface area contributed by atoms with Gasteiger partial charge in [-0.15, -0.1) is 0 Å². The van der Waals surface area contributed by atoms with Gasteiger partial charge in [-0.25, -0.2) is 0 Å². The van der Waals surface area contributed by atoms with E-state index in [4.69, 9.17) is 4.74 Å². The maximum Gasteiger partial charge on any atom is 0.456 e. The summed E-state index contributed by atoms with van der Waals surface area (Å²) in [6, 6.07) is 0. The third-order valence-corrected chi connectivity index (χ3v) is 4.44. The molecule has 0 aromatic carbocycles. The summed E-state index contributed by atoms with van der Waals surface area (Å²) in [6.45, 7) is 6.75. The van der Waals surface area contributed by atoms with Crippen molar-refractivity contribution in [3.63, 3.8) is 0 Å². The van der Waals surface area contributed by atoms with Crippen LogP contribution in [0.4, 0.5) is 22.0 Å². The molecule has 154 valence electrons. The highest BCUT2D eigenvalue weighted by molar-refractivity contribution is 5.76. The number of carbonyl (C=O) groups excluding carboxylic acids is 2. The Kier molecular flexibility index (Phi) is 8.50. The van der Waals surface area contributed by atoms with Crippen LogP contribution in [0.2, 0.25) is 0 Å². The maximum atomic E-state index is 12.7. The van der Waals surface area contributed by atoms with E-state index in [1.165, 1.54) is 0 Å². The summed E-state index contributed by atoms with van der Waals surface area (Å²) in [5.41, 5.74) is -1.53. The Morgan fingerprint density at radius 1 is 0.923 bits per heavy atom. The fourth-order valence-corrected chi connectivity index (χ4v) is 1.74. The molecule has 0 bridgehead atoms. The van der Waals surface area contributed by atoms with E-state index in [0.29, 0.717) is 12.8 Å². The monoisotopic (exact) mass is 390 g/mol. The van der Waals surface area contributed by atoms with Gasteiger partial charge in [0.05, 0.1) is 5.41 Å². The van der Waals surface area contributed by atoms with Crippen molar-refractivity contribution in [2.45, 2.75) is 84.4 Å². The number of esters is 2. The first kappa shape index (κ1) is 24.6. The largest absolute Gasteiger partial charge is 0.459 e. The molecule has 0 rings (SSSR count). The van der Waals surface area contributed by atoms with Crippen molar-refractivity contribution in [3.8, 4) is 0 Å². The van der Waals surface area contributed by atoms with Crippen molar-refractivity contribution in [2.24, 2.45) is 5.41 Å². The number of alkyl halides is 5. The number of halogens is 5. The van der Waals surface area contributed by atoms with Crippen molar-refractivity contribution in [1.82, 2.24) is 0 Å². The summed E-state index contributed by atoms with van der Waals surface area (Å²) in [5.74, 6) is -6.63. The number of hydrogen-bond donors (Lipinski definition) is 0. The number of hydrogen-bond acceptors (Lipinski definition) is 4. The lowest BCUT2D eigenvalue weighted by Crippen LogP contribution is -2.41. The minimum Gasteiger partial charge on any atom is -0.459 e. The first-order valence-corrected chi connectivity index (χ1v) is 8.44. The van der Waals surface area contributed by atoms with Crippen LogP contribution in [0, 0.1) is 5.41 Å². The minimum atomic E-state index is -5.77. The van der Waals surface area contributed by atoms with Gasteiger partial charge < -0.3 is 9.47 Å². The topological polar surface area (TPSA) is 52.6 Å². The van der Waals surface area contributed by atoms with Gasteiger partial charge in [0.15, 0.2) is 6.61 Å². The van der Waals surface area contributed by atoms with E-state index in [1.54, 1.807) is 27.7 Å². The Bertz CT molecular complexity index is 488. The Balaban J connectivity index is 4.50. The lowest BCUT2D eigenvalue weighted by atomic mass is 9.89. The molecule has 0 aromatic rings. The molecule has 0 aliphatic rings. The Labute approximate surface area is 150 Å². The average Bonchev–Trinajstić information content (AvgIpc) is 2.51. The molecule has 0 aromatic heterocycles. The maximum absolute atomic E-state index is 12.7. The molecule has 0 saturated heterocycles. The highest BCUT2D eigenvalue weighted by Gasteiger charge is 2.58. The molecule has 0 spiro atoms. The highest BCUT2D eigenvalue weighted by atomic mass is 19.4. The van der Waals surface area contributed by atoms with Gasteiger partial charge in [0.25, 0.3) is 0 Å². The van der Waals surface area contributed by atoms with Crippen LogP contribution in [0.15, 0.2) is 0 Å². The molecule has 1 unspecified atom stereocenters. The Morgan fingerprint density at radius 3 is 1.88 bits per heavy atom. The molecular weight excluding hydrogens is 363 g/mol. The molecule has 1 atom stereocenters. The zero-order valence-electron chi connectivity index (χ0n) is 15.8. The molecule has 0 N–H and O–H groups in total. The van der Waals surface area contributed by atoms with Gasteiger partial charge in [-0.2, -0.15) is 22.0 Å². The lowest BCUT2D eigenvalue weighted by molar-refractivity contribution is -0.294. The van der Waals surface area contributed by atoms with Gasteiger partial charge in [-0.3, -0.25) is 9.59 Å². The van der Waals surface area contributed by atoms with E-state index in [-0.39, 0.29) is 19.3 Å². The predicted molar refractivity (Wildman–Crippen MR) is 84.7 cm³/mol. The average molecular weight is 390 g/mol. The Hall–Kier alpha value is -1.41. The first-order valence-electron chi connectivity index (χ1n) is 8.44. The fourth-order valence-electron chi connectivity index (χ4n) is 1.74. The summed E-state index contributed by atoms with van der Waals surface area (Å²) in [5, 5.41) is 0. The molecule has 26 heavy (non-hydrogen) atoms. The second-order valence-electron chi connectivity index (χ2n) is 7.15. The number of rotatable bonds is 10. The molecular formula is C17H27F5O4. The van der Waals surface area contributed by atoms with Crippen LogP contribution in [-0.2, 0) is 19.1 Å². The van der Waals surface area contributed by atoms with Crippen molar-refractivity contribution in [2.75, 3.05) is 6.61 Å². The van der Waals surface area contributed by atoms with Gasteiger partial charge in [-0.05, 0) is 46.5 Å². The van der Waals surface area contributed by atoms with E-state index < -0.39 is 41.7 Å². The van der Waals surface area contributed by atoms with Gasteiger partial charge in [0.1, 0.15) is 5.60 Å². The predicted octanol–water partition coefficient (Wildman–Crippen LogP) is 5.05.